The fourth-order valence-electron chi connectivity index (χ4n) is 3.59. The van der Waals surface area contributed by atoms with E-state index in [1.54, 1.807) is 36.4 Å². The molecule has 2 aliphatic carbocycles. The highest BCUT2D eigenvalue weighted by atomic mass is 19.3. The molecule has 2 aromatic carbocycles. The fraction of sp³-hybridized carbons (Fsp3) is 0.182. The van der Waals surface area contributed by atoms with Crippen LogP contribution in [0.1, 0.15) is 24.0 Å². The summed E-state index contributed by atoms with van der Waals surface area (Å²) in [4.78, 5) is 0. The molecular formula is C22H16F4. The number of rotatable bonds is 4. The molecule has 0 nitrogen and oxygen atoms in total. The van der Waals surface area contributed by atoms with E-state index in [4.69, 9.17) is 0 Å². The van der Waals surface area contributed by atoms with Gasteiger partial charge in [-0.1, -0.05) is 72.8 Å². The van der Waals surface area contributed by atoms with Gasteiger partial charge in [0.2, 0.25) is 0 Å². The lowest BCUT2D eigenvalue weighted by Crippen LogP contribution is -2.28. The number of alkyl halides is 4. The summed E-state index contributed by atoms with van der Waals surface area (Å²) in [6.07, 6.45) is 2.87. The summed E-state index contributed by atoms with van der Waals surface area (Å²) in [5.74, 6) is -6.33. The summed E-state index contributed by atoms with van der Waals surface area (Å²) in [5.41, 5.74) is 0.148. The van der Waals surface area contributed by atoms with Crippen molar-refractivity contribution in [1.29, 1.82) is 0 Å². The minimum absolute atomic E-state index is 0.0752. The van der Waals surface area contributed by atoms with Crippen molar-refractivity contribution in [3.8, 4) is 0 Å². The molecule has 2 aromatic rings. The zero-order valence-electron chi connectivity index (χ0n) is 13.9. The molecule has 0 fully saturated rings. The Kier molecular flexibility index (Phi) is 3.87. The van der Waals surface area contributed by atoms with E-state index in [0.717, 1.165) is 0 Å². The van der Waals surface area contributed by atoms with Crippen LogP contribution in [0.25, 0.3) is 0 Å². The smallest absolute Gasteiger partial charge is 0.196 e. The molecule has 0 atom stereocenters. The third-order valence-electron chi connectivity index (χ3n) is 5.01. The zero-order chi connectivity index (χ0) is 18.4. The molecule has 132 valence electrons. The summed E-state index contributed by atoms with van der Waals surface area (Å²) in [7, 11) is 0. The molecule has 0 heterocycles. The molecule has 0 radical (unpaired) electrons. The number of halogens is 4. The van der Waals surface area contributed by atoms with Crippen LogP contribution < -0.4 is 0 Å². The van der Waals surface area contributed by atoms with Gasteiger partial charge < -0.3 is 0 Å². The molecule has 2 aliphatic rings. The van der Waals surface area contributed by atoms with E-state index < -0.39 is 11.8 Å². The van der Waals surface area contributed by atoms with E-state index in [9.17, 15) is 17.6 Å². The van der Waals surface area contributed by atoms with Crippen LogP contribution in [0.5, 0.6) is 0 Å². The maximum Gasteiger partial charge on any atom is 0.295 e. The van der Waals surface area contributed by atoms with E-state index in [1.165, 1.54) is 36.4 Å². The highest BCUT2D eigenvalue weighted by Crippen LogP contribution is 2.52. The molecule has 0 amide bonds. The Morgan fingerprint density at radius 3 is 1.19 bits per heavy atom. The Labute approximate surface area is 149 Å². The van der Waals surface area contributed by atoms with Crippen LogP contribution in [0.4, 0.5) is 17.6 Å². The predicted octanol–water partition coefficient (Wildman–Crippen LogP) is 6.53. The molecule has 0 unspecified atom stereocenters. The quantitative estimate of drug-likeness (QED) is 0.547. The molecule has 0 spiro atoms. The topological polar surface area (TPSA) is 0 Å². The van der Waals surface area contributed by atoms with E-state index in [1.807, 2.05) is 0 Å². The third-order valence-corrected chi connectivity index (χ3v) is 5.01. The minimum atomic E-state index is -3.17. The summed E-state index contributed by atoms with van der Waals surface area (Å²) in [6.45, 7) is 0. The van der Waals surface area contributed by atoms with Crippen molar-refractivity contribution in [2.75, 3.05) is 0 Å². The number of hydrogen-bond donors (Lipinski definition) is 0. The molecule has 4 rings (SSSR count). The largest absolute Gasteiger partial charge is 0.295 e. The van der Waals surface area contributed by atoms with Crippen molar-refractivity contribution in [3.05, 3.63) is 106 Å². The van der Waals surface area contributed by atoms with Crippen molar-refractivity contribution >= 4 is 0 Å². The second kappa shape index (κ2) is 5.97. The Morgan fingerprint density at radius 1 is 0.538 bits per heavy atom. The number of benzene rings is 2. The van der Waals surface area contributed by atoms with Gasteiger partial charge in [-0.15, -0.1) is 0 Å². The first kappa shape index (κ1) is 16.8. The Morgan fingerprint density at radius 2 is 0.885 bits per heavy atom. The van der Waals surface area contributed by atoms with Crippen LogP contribution in [0, 0.1) is 0 Å². The monoisotopic (exact) mass is 356 g/mol. The van der Waals surface area contributed by atoms with Crippen molar-refractivity contribution in [2.45, 2.75) is 24.7 Å². The number of allylic oxidation sites excluding steroid dienone is 6. The zero-order valence-corrected chi connectivity index (χ0v) is 13.9. The molecule has 0 saturated carbocycles. The minimum Gasteiger partial charge on any atom is -0.196 e. The van der Waals surface area contributed by atoms with Gasteiger partial charge in [0.1, 0.15) is 0 Å². The van der Waals surface area contributed by atoms with E-state index in [0.29, 0.717) is 0 Å². The first-order valence-corrected chi connectivity index (χ1v) is 8.45. The number of fused-ring (bicyclic) bond motifs is 1. The Bertz CT molecular complexity index is 842. The van der Waals surface area contributed by atoms with Crippen molar-refractivity contribution in [2.24, 2.45) is 0 Å². The van der Waals surface area contributed by atoms with E-state index in [-0.39, 0.29) is 46.3 Å². The summed E-state index contributed by atoms with van der Waals surface area (Å²) in [6, 6.07) is 15.0. The van der Waals surface area contributed by atoms with Gasteiger partial charge in [0.15, 0.2) is 0 Å². The molecule has 0 bridgehead atoms. The van der Waals surface area contributed by atoms with Gasteiger partial charge in [-0.05, 0) is 24.0 Å². The Balaban J connectivity index is 1.78. The maximum absolute atomic E-state index is 14.9. The van der Waals surface area contributed by atoms with Crippen molar-refractivity contribution < 1.29 is 17.6 Å². The normalized spacial score (nSPS) is 17.2. The molecule has 4 heteroatoms. The van der Waals surface area contributed by atoms with Crippen LogP contribution in [-0.2, 0) is 11.8 Å². The Hall–Kier alpha value is -2.62. The lowest BCUT2D eigenvalue weighted by atomic mass is 9.74. The maximum atomic E-state index is 14.9. The van der Waals surface area contributed by atoms with Gasteiger partial charge in [0, 0.05) is 22.3 Å². The summed E-state index contributed by atoms with van der Waals surface area (Å²) in [5, 5.41) is 0. The summed E-state index contributed by atoms with van der Waals surface area (Å²) < 4.78 is 59.8. The number of hydrogen-bond acceptors (Lipinski definition) is 0. The second-order valence-electron chi connectivity index (χ2n) is 6.50. The first-order chi connectivity index (χ1) is 12.4. The lowest BCUT2D eigenvalue weighted by molar-refractivity contribution is 0.0221. The molecule has 0 aliphatic heterocycles. The van der Waals surface area contributed by atoms with Gasteiger partial charge in [-0.2, -0.15) is 17.6 Å². The van der Waals surface area contributed by atoms with Crippen LogP contribution in [0.2, 0.25) is 0 Å². The van der Waals surface area contributed by atoms with Gasteiger partial charge in [0.25, 0.3) is 11.8 Å². The predicted molar refractivity (Wildman–Crippen MR) is 93.1 cm³/mol. The fourth-order valence-corrected chi connectivity index (χ4v) is 3.59. The highest BCUT2D eigenvalue weighted by Gasteiger charge is 2.46. The van der Waals surface area contributed by atoms with E-state index in [2.05, 4.69) is 0 Å². The second-order valence-corrected chi connectivity index (χ2v) is 6.50. The van der Waals surface area contributed by atoms with Gasteiger partial charge in [-0.3, -0.25) is 0 Å². The van der Waals surface area contributed by atoms with Crippen LogP contribution >= 0.6 is 0 Å². The molecule has 0 aromatic heterocycles. The van der Waals surface area contributed by atoms with Gasteiger partial charge >= 0.3 is 0 Å². The average Bonchev–Trinajstić information content (AvgIpc) is 2.63. The average molecular weight is 356 g/mol. The van der Waals surface area contributed by atoms with Crippen LogP contribution in [0.3, 0.4) is 0 Å². The van der Waals surface area contributed by atoms with Gasteiger partial charge in [-0.25, -0.2) is 0 Å². The summed E-state index contributed by atoms with van der Waals surface area (Å²) >= 11 is 0. The standard InChI is InChI=1S/C22H16F4/c23-21(24,15-7-3-1-4-8-15)19-13-14-20(18-12-11-17(18)19)22(25,26)16-9-5-2-6-10-16/h1-12H,13-14H2. The third kappa shape index (κ3) is 2.52. The molecule has 0 saturated heterocycles. The van der Waals surface area contributed by atoms with Crippen molar-refractivity contribution in [1.82, 2.24) is 0 Å². The molecule has 0 N–H and O–H groups in total. The van der Waals surface area contributed by atoms with E-state index >= 15 is 0 Å². The molecular weight excluding hydrogens is 340 g/mol. The SMILES string of the molecule is FC(F)(C1=C2C=CC2=C(C(F)(F)c2ccccc2)CC1)c1ccccc1. The highest BCUT2D eigenvalue weighted by molar-refractivity contribution is 5.66. The molecule has 26 heavy (non-hydrogen) atoms. The van der Waals surface area contributed by atoms with Gasteiger partial charge in [0.05, 0.1) is 0 Å². The van der Waals surface area contributed by atoms with Crippen molar-refractivity contribution in [3.63, 3.8) is 0 Å². The lowest BCUT2D eigenvalue weighted by Gasteiger charge is -2.35. The van der Waals surface area contributed by atoms with Crippen LogP contribution in [-0.4, -0.2) is 0 Å². The first-order valence-electron chi connectivity index (χ1n) is 8.45. The van der Waals surface area contributed by atoms with Crippen LogP contribution in [0.15, 0.2) is 95.1 Å².